The monoisotopic (exact) mass is 545 g/mol. The first-order valence-electron chi connectivity index (χ1n) is 12.4. The van der Waals surface area contributed by atoms with Gasteiger partial charge in [-0.15, -0.1) is 0 Å². The SMILES string of the molecule is CCOC(=O)NC1CCc2ccc(OCCCS(=O)(=O)c3cnn(C)c3)cc2C1Cc1ccccc1Cl. The van der Waals surface area contributed by atoms with Crippen LogP contribution in [0.3, 0.4) is 0 Å². The summed E-state index contributed by atoms with van der Waals surface area (Å²) in [6.07, 6.45) is 5.03. The van der Waals surface area contributed by atoms with Crippen LogP contribution < -0.4 is 10.1 Å². The van der Waals surface area contributed by atoms with Crippen LogP contribution in [0.5, 0.6) is 5.75 Å². The van der Waals surface area contributed by atoms with Crippen molar-refractivity contribution in [3.63, 3.8) is 0 Å². The van der Waals surface area contributed by atoms with Crippen molar-refractivity contribution in [2.24, 2.45) is 7.05 Å². The molecule has 0 radical (unpaired) electrons. The Morgan fingerprint density at radius 3 is 2.78 bits per heavy atom. The average molecular weight is 546 g/mol. The molecule has 1 amide bonds. The second-order valence-corrected chi connectivity index (χ2v) is 11.7. The molecule has 1 aromatic heterocycles. The predicted molar refractivity (Wildman–Crippen MR) is 142 cm³/mol. The smallest absolute Gasteiger partial charge is 0.407 e. The van der Waals surface area contributed by atoms with Crippen LogP contribution in [0.2, 0.25) is 5.02 Å². The Morgan fingerprint density at radius 1 is 1.24 bits per heavy atom. The molecule has 0 fully saturated rings. The van der Waals surface area contributed by atoms with Crippen molar-refractivity contribution in [1.29, 1.82) is 0 Å². The van der Waals surface area contributed by atoms with E-state index in [1.807, 2.05) is 36.4 Å². The van der Waals surface area contributed by atoms with Gasteiger partial charge in [0.15, 0.2) is 9.84 Å². The van der Waals surface area contributed by atoms with Gasteiger partial charge in [-0.05, 0) is 67.5 Å². The van der Waals surface area contributed by atoms with Crippen LogP contribution in [0.4, 0.5) is 4.79 Å². The molecule has 1 aliphatic rings. The fourth-order valence-electron chi connectivity index (χ4n) is 4.73. The maximum atomic E-state index is 12.5. The number of hydrogen-bond donors (Lipinski definition) is 1. The number of alkyl carbamates (subject to hydrolysis) is 1. The van der Waals surface area contributed by atoms with E-state index in [-0.39, 0.29) is 29.2 Å². The van der Waals surface area contributed by atoms with Gasteiger partial charge in [0.25, 0.3) is 0 Å². The van der Waals surface area contributed by atoms with Gasteiger partial charge in [-0.3, -0.25) is 4.68 Å². The molecule has 10 heteroatoms. The summed E-state index contributed by atoms with van der Waals surface area (Å²) in [5.74, 6) is 0.616. The number of carbonyl (C=O) groups excluding carboxylic acids is 1. The summed E-state index contributed by atoms with van der Waals surface area (Å²) in [5, 5.41) is 7.66. The number of aryl methyl sites for hydroxylation is 2. The fourth-order valence-corrected chi connectivity index (χ4v) is 6.20. The van der Waals surface area contributed by atoms with Crippen LogP contribution in [0.1, 0.15) is 42.4 Å². The summed E-state index contributed by atoms with van der Waals surface area (Å²) in [6, 6.07) is 13.6. The Balaban J connectivity index is 1.48. The second-order valence-electron chi connectivity index (χ2n) is 9.14. The molecule has 2 aromatic carbocycles. The number of halogens is 1. The lowest BCUT2D eigenvalue weighted by atomic mass is 9.76. The number of rotatable bonds is 10. The minimum atomic E-state index is -3.41. The van der Waals surface area contributed by atoms with Crippen molar-refractivity contribution in [3.8, 4) is 5.75 Å². The van der Waals surface area contributed by atoms with Gasteiger partial charge in [0.05, 0.1) is 25.2 Å². The first-order valence-corrected chi connectivity index (χ1v) is 14.4. The molecule has 1 aliphatic carbocycles. The van der Waals surface area contributed by atoms with Gasteiger partial charge < -0.3 is 14.8 Å². The summed E-state index contributed by atoms with van der Waals surface area (Å²) in [6.45, 7) is 2.35. The topological polar surface area (TPSA) is 99.5 Å². The maximum Gasteiger partial charge on any atom is 0.407 e. The van der Waals surface area contributed by atoms with Crippen LogP contribution in [-0.2, 0) is 34.5 Å². The molecule has 3 aromatic rings. The minimum Gasteiger partial charge on any atom is -0.494 e. The van der Waals surface area contributed by atoms with Crippen LogP contribution >= 0.6 is 11.6 Å². The maximum absolute atomic E-state index is 12.5. The number of sulfone groups is 1. The van der Waals surface area contributed by atoms with E-state index in [4.69, 9.17) is 21.1 Å². The second kappa shape index (κ2) is 12.0. The quantitative estimate of drug-likeness (QED) is 0.371. The van der Waals surface area contributed by atoms with Gasteiger partial charge in [0, 0.05) is 30.2 Å². The van der Waals surface area contributed by atoms with E-state index in [0.717, 1.165) is 24.0 Å². The molecule has 0 saturated carbocycles. The number of benzene rings is 2. The lowest BCUT2D eigenvalue weighted by molar-refractivity contribution is 0.144. The number of amides is 1. The molecule has 2 atom stereocenters. The fraction of sp³-hybridized carbons (Fsp3) is 0.407. The third-order valence-corrected chi connectivity index (χ3v) is 8.69. The van der Waals surface area contributed by atoms with Crippen molar-refractivity contribution in [3.05, 3.63) is 76.6 Å². The summed E-state index contributed by atoms with van der Waals surface area (Å²) in [5.41, 5.74) is 3.29. The lowest BCUT2D eigenvalue weighted by Gasteiger charge is -2.34. The Hall–Kier alpha value is -3.04. The highest BCUT2D eigenvalue weighted by Crippen LogP contribution is 2.38. The lowest BCUT2D eigenvalue weighted by Crippen LogP contribution is -2.43. The molecule has 4 rings (SSSR count). The predicted octanol–water partition coefficient (Wildman–Crippen LogP) is 4.70. The zero-order valence-electron chi connectivity index (χ0n) is 21.0. The Morgan fingerprint density at radius 2 is 2.05 bits per heavy atom. The summed E-state index contributed by atoms with van der Waals surface area (Å²) < 4.78 is 37.6. The van der Waals surface area contributed by atoms with E-state index in [1.165, 1.54) is 22.6 Å². The molecule has 1 N–H and O–H groups in total. The molecular weight excluding hydrogens is 514 g/mol. The minimum absolute atomic E-state index is 0.0235. The number of aromatic nitrogens is 2. The van der Waals surface area contributed by atoms with Gasteiger partial charge in [-0.25, -0.2) is 13.2 Å². The Bertz CT molecular complexity index is 1340. The number of nitrogens with zero attached hydrogens (tertiary/aromatic N) is 2. The highest BCUT2D eigenvalue weighted by atomic mass is 35.5. The van der Waals surface area contributed by atoms with E-state index in [2.05, 4.69) is 16.5 Å². The van der Waals surface area contributed by atoms with Crippen molar-refractivity contribution < 1.29 is 22.7 Å². The van der Waals surface area contributed by atoms with Crippen molar-refractivity contribution >= 4 is 27.5 Å². The number of hydrogen-bond acceptors (Lipinski definition) is 6. The number of nitrogens with one attached hydrogen (secondary N) is 1. The first kappa shape index (κ1) is 27.0. The zero-order valence-corrected chi connectivity index (χ0v) is 22.6. The molecule has 0 spiro atoms. The zero-order chi connectivity index (χ0) is 26.4. The molecule has 1 heterocycles. The van der Waals surface area contributed by atoms with Crippen LogP contribution in [0, 0.1) is 0 Å². The first-order chi connectivity index (χ1) is 17.8. The Labute approximate surface area is 222 Å². The Kier molecular flexibility index (Phi) is 8.76. The van der Waals surface area contributed by atoms with Gasteiger partial charge in [-0.1, -0.05) is 35.9 Å². The van der Waals surface area contributed by atoms with Crippen molar-refractivity contribution in [1.82, 2.24) is 15.1 Å². The number of ether oxygens (including phenoxy) is 2. The van der Waals surface area contributed by atoms with Gasteiger partial charge in [0.2, 0.25) is 0 Å². The average Bonchev–Trinajstić information content (AvgIpc) is 3.32. The van der Waals surface area contributed by atoms with Crippen LogP contribution in [0.25, 0.3) is 0 Å². The highest BCUT2D eigenvalue weighted by Gasteiger charge is 2.32. The largest absolute Gasteiger partial charge is 0.494 e. The molecule has 8 nitrogen and oxygen atoms in total. The summed E-state index contributed by atoms with van der Waals surface area (Å²) in [7, 11) is -1.72. The third-order valence-electron chi connectivity index (χ3n) is 6.57. The molecule has 2 unspecified atom stereocenters. The molecular formula is C27H32ClN3O5S. The van der Waals surface area contributed by atoms with Gasteiger partial charge in [-0.2, -0.15) is 5.10 Å². The molecule has 0 aliphatic heterocycles. The standard InChI is InChI=1S/C27H32ClN3O5S/c1-3-35-27(32)30-26-12-10-19-9-11-21(16-23(19)24(26)15-20-7-4-5-8-25(20)28)36-13-6-14-37(33,34)22-17-29-31(2)18-22/h4-5,7-9,11,16-18,24,26H,3,6,10,12-15H2,1-2H3,(H,30,32). The van der Waals surface area contributed by atoms with E-state index in [0.29, 0.717) is 30.2 Å². The highest BCUT2D eigenvalue weighted by molar-refractivity contribution is 7.91. The van der Waals surface area contributed by atoms with E-state index < -0.39 is 15.9 Å². The van der Waals surface area contributed by atoms with Crippen LogP contribution in [0.15, 0.2) is 59.8 Å². The molecule has 0 bridgehead atoms. The van der Waals surface area contributed by atoms with Gasteiger partial charge >= 0.3 is 6.09 Å². The van der Waals surface area contributed by atoms with Crippen molar-refractivity contribution in [2.45, 2.75) is 49.5 Å². The van der Waals surface area contributed by atoms with E-state index in [9.17, 15) is 13.2 Å². The van der Waals surface area contributed by atoms with E-state index >= 15 is 0 Å². The summed E-state index contributed by atoms with van der Waals surface area (Å²) in [4.78, 5) is 12.5. The number of fused-ring (bicyclic) bond motifs is 1. The normalized spacial score (nSPS) is 17.2. The van der Waals surface area contributed by atoms with Gasteiger partial charge in [0.1, 0.15) is 10.6 Å². The molecule has 198 valence electrons. The van der Waals surface area contributed by atoms with E-state index in [1.54, 1.807) is 14.0 Å². The van der Waals surface area contributed by atoms with Crippen molar-refractivity contribution in [2.75, 3.05) is 19.0 Å². The summed E-state index contributed by atoms with van der Waals surface area (Å²) >= 11 is 6.48. The number of carbonyl (C=O) groups is 1. The molecule has 0 saturated heterocycles. The molecule has 37 heavy (non-hydrogen) atoms. The third kappa shape index (κ3) is 6.84. The van der Waals surface area contributed by atoms with Crippen LogP contribution in [-0.4, -0.2) is 49.3 Å².